The molecular formula is C13H9N3. The first-order chi connectivity index (χ1) is 7.95. The van der Waals surface area contributed by atoms with Gasteiger partial charge in [0.15, 0.2) is 0 Å². The largest absolute Gasteiger partial charge is 0.264 e. The van der Waals surface area contributed by atoms with Crippen LogP contribution in [0.1, 0.15) is 0 Å². The van der Waals surface area contributed by atoms with Crippen LogP contribution < -0.4 is 0 Å². The highest BCUT2D eigenvalue weighted by Gasteiger charge is 2.04. The Labute approximate surface area is 92.8 Å². The third-order valence-corrected chi connectivity index (χ3v) is 2.51. The summed E-state index contributed by atoms with van der Waals surface area (Å²) in [5.74, 6) is 0. The van der Waals surface area contributed by atoms with Gasteiger partial charge in [0.05, 0.1) is 6.20 Å². The Bertz CT molecular complexity index is 615. The minimum absolute atomic E-state index is 0.903. The lowest BCUT2D eigenvalue weighted by Crippen LogP contribution is -1.89. The van der Waals surface area contributed by atoms with Gasteiger partial charge in [-0.05, 0) is 6.07 Å². The fraction of sp³-hybridized carbons (Fsp3) is 0. The zero-order valence-electron chi connectivity index (χ0n) is 8.54. The van der Waals surface area contributed by atoms with Crippen LogP contribution in [0.25, 0.3) is 22.0 Å². The standard InChI is InChI=1S/C13H9N3/c1-2-4-10(5-3-1)13-12-6-7-14-8-11(12)9-15-16-13/h1-9H. The number of aromatic nitrogens is 3. The average molecular weight is 207 g/mol. The number of hydrogen-bond donors (Lipinski definition) is 0. The molecule has 0 saturated carbocycles. The second kappa shape index (κ2) is 3.70. The fourth-order valence-corrected chi connectivity index (χ4v) is 1.74. The molecule has 0 fully saturated rings. The zero-order chi connectivity index (χ0) is 10.8. The van der Waals surface area contributed by atoms with Crippen molar-refractivity contribution in [2.45, 2.75) is 0 Å². The van der Waals surface area contributed by atoms with Gasteiger partial charge in [-0.2, -0.15) is 5.10 Å². The molecule has 0 aliphatic carbocycles. The van der Waals surface area contributed by atoms with Gasteiger partial charge in [-0.1, -0.05) is 30.3 Å². The highest BCUT2D eigenvalue weighted by atomic mass is 15.1. The summed E-state index contributed by atoms with van der Waals surface area (Å²) in [6.45, 7) is 0. The summed E-state index contributed by atoms with van der Waals surface area (Å²) in [6.07, 6.45) is 5.31. The van der Waals surface area contributed by atoms with Gasteiger partial charge in [-0.15, -0.1) is 5.10 Å². The lowest BCUT2D eigenvalue weighted by molar-refractivity contribution is 1.05. The molecule has 0 amide bonds. The van der Waals surface area contributed by atoms with E-state index in [0.29, 0.717) is 0 Å². The Morgan fingerprint density at radius 2 is 1.75 bits per heavy atom. The van der Waals surface area contributed by atoms with E-state index in [9.17, 15) is 0 Å². The summed E-state index contributed by atoms with van der Waals surface area (Å²) >= 11 is 0. The van der Waals surface area contributed by atoms with Crippen LogP contribution in [0.3, 0.4) is 0 Å². The first-order valence-corrected chi connectivity index (χ1v) is 5.06. The van der Waals surface area contributed by atoms with Crippen LogP contribution in [0, 0.1) is 0 Å². The average Bonchev–Trinajstić information content (AvgIpc) is 2.39. The second-order valence-corrected chi connectivity index (χ2v) is 3.52. The maximum atomic E-state index is 4.20. The van der Waals surface area contributed by atoms with E-state index in [2.05, 4.69) is 15.2 Å². The van der Waals surface area contributed by atoms with E-state index in [4.69, 9.17) is 0 Å². The molecule has 1 aromatic carbocycles. The van der Waals surface area contributed by atoms with Crippen LogP contribution in [0.2, 0.25) is 0 Å². The van der Waals surface area contributed by atoms with Crippen molar-refractivity contribution in [2.24, 2.45) is 0 Å². The second-order valence-electron chi connectivity index (χ2n) is 3.52. The van der Waals surface area contributed by atoms with Crippen LogP contribution in [0.4, 0.5) is 0 Å². The van der Waals surface area contributed by atoms with Crippen molar-refractivity contribution in [2.75, 3.05) is 0 Å². The molecule has 0 atom stereocenters. The predicted octanol–water partition coefficient (Wildman–Crippen LogP) is 2.69. The predicted molar refractivity (Wildman–Crippen MR) is 62.8 cm³/mol. The molecule has 0 unspecified atom stereocenters. The van der Waals surface area contributed by atoms with Gasteiger partial charge >= 0.3 is 0 Å². The lowest BCUT2D eigenvalue weighted by Gasteiger charge is -2.03. The van der Waals surface area contributed by atoms with Gasteiger partial charge in [0.1, 0.15) is 5.69 Å². The van der Waals surface area contributed by atoms with E-state index in [-0.39, 0.29) is 0 Å². The van der Waals surface area contributed by atoms with Crippen LogP contribution in [-0.2, 0) is 0 Å². The molecule has 76 valence electrons. The fourth-order valence-electron chi connectivity index (χ4n) is 1.74. The summed E-state index contributed by atoms with van der Waals surface area (Å²) in [7, 11) is 0. The summed E-state index contributed by atoms with van der Waals surface area (Å²) in [5.41, 5.74) is 1.98. The van der Waals surface area contributed by atoms with Crippen molar-refractivity contribution < 1.29 is 0 Å². The number of fused-ring (bicyclic) bond motifs is 1. The Morgan fingerprint density at radius 3 is 2.62 bits per heavy atom. The van der Waals surface area contributed by atoms with Gasteiger partial charge in [-0.3, -0.25) is 4.98 Å². The summed E-state index contributed by atoms with van der Waals surface area (Å²) < 4.78 is 0. The maximum absolute atomic E-state index is 4.20. The summed E-state index contributed by atoms with van der Waals surface area (Å²) in [6, 6.07) is 12.0. The van der Waals surface area contributed by atoms with E-state index in [1.54, 1.807) is 18.6 Å². The summed E-state index contributed by atoms with van der Waals surface area (Å²) in [5, 5.41) is 10.3. The minimum Gasteiger partial charge on any atom is -0.264 e. The van der Waals surface area contributed by atoms with Gasteiger partial charge in [0.25, 0.3) is 0 Å². The molecule has 16 heavy (non-hydrogen) atoms. The molecule has 3 heteroatoms. The maximum Gasteiger partial charge on any atom is 0.101 e. The van der Waals surface area contributed by atoms with Crippen LogP contribution in [0.15, 0.2) is 55.0 Å². The van der Waals surface area contributed by atoms with Gasteiger partial charge in [-0.25, -0.2) is 0 Å². The SMILES string of the molecule is c1ccc(-c2nncc3cnccc23)cc1. The third kappa shape index (κ3) is 1.42. The van der Waals surface area contributed by atoms with E-state index < -0.39 is 0 Å². The Balaban J connectivity index is 2.32. The van der Waals surface area contributed by atoms with E-state index in [1.165, 1.54) is 0 Å². The van der Waals surface area contributed by atoms with Crippen LogP contribution in [0.5, 0.6) is 0 Å². The Hall–Kier alpha value is -2.29. The Kier molecular flexibility index (Phi) is 2.07. The molecule has 2 aromatic heterocycles. The smallest absolute Gasteiger partial charge is 0.101 e. The van der Waals surface area contributed by atoms with Crippen LogP contribution in [-0.4, -0.2) is 15.2 Å². The zero-order valence-corrected chi connectivity index (χ0v) is 8.54. The molecule has 0 N–H and O–H groups in total. The van der Waals surface area contributed by atoms with Gasteiger partial charge in [0.2, 0.25) is 0 Å². The molecular weight excluding hydrogens is 198 g/mol. The normalized spacial score (nSPS) is 10.5. The molecule has 0 bridgehead atoms. The number of nitrogens with zero attached hydrogens (tertiary/aromatic N) is 3. The van der Waals surface area contributed by atoms with Crippen molar-refractivity contribution in [3.63, 3.8) is 0 Å². The highest BCUT2D eigenvalue weighted by molar-refractivity contribution is 5.92. The van der Waals surface area contributed by atoms with Crippen molar-refractivity contribution in [3.8, 4) is 11.3 Å². The lowest BCUT2D eigenvalue weighted by atomic mass is 10.1. The van der Waals surface area contributed by atoms with Crippen molar-refractivity contribution in [3.05, 3.63) is 55.0 Å². The topological polar surface area (TPSA) is 38.7 Å². The van der Waals surface area contributed by atoms with Crippen molar-refractivity contribution in [1.29, 1.82) is 0 Å². The molecule has 0 saturated heterocycles. The minimum atomic E-state index is 0.903. The van der Waals surface area contributed by atoms with Crippen molar-refractivity contribution in [1.82, 2.24) is 15.2 Å². The van der Waals surface area contributed by atoms with Gasteiger partial charge in [0, 0.05) is 28.7 Å². The third-order valence-electron chi connectivity index (χ3n) is 2.51. The number of hydrogen-bond acceptors (Lipinski definition) is 3. The molecule has 0 aliphatic heterocycles. The van der Waals surface area contributed by atoms with E-state index in [0.717, 1.165) is 22.0 Å². The first-order valence-electron chi connectivity index (χ1n) is 5.06. The van der Waals surface area contributed by atoms with E-state index >= 15 is 0 Å². The first kappa shape index (κ1) is 8.97. The highest BCUT2D eigenvalue weighted by Crippen LogP contribution is 2.24. The van der Waals surface area contributed by atoms with E-state index in [1.807, 2.05) is 36.4 Å². The van der Waals surface area contributed by atoms with Crippen LogP contribution >= 0.6 is 0 Å². The molecule has 3 aromatic rings. The molecule has 3 rings (SSSR count). The molecule has 0 aliphatic rings. The number of benzene rings is 1. The summed E-state index contributed by atoms with van der Waals surface area (Å²) in [4.78, 5) is 4.08. The number of rotatable bonds is 1. The number of pyridine rings is 1. The molecule has 3 nitrogen and oxygen atoms in total. The molecule has 2 heterocycles. The quantitative estimate of drug-likeness (QED) is 0.615. The van der Waals surface area contributed by atoms with Crippen molar-refractivity contribution >= 4 is 10.8 Å². The molecule has 0 spiro atoms. The van der Waals surface area contributed by atoms with Gasteiger partial charge < -0.3 is 0 Å². The Morgan fingerprint density at radius 1 is 0.875 bits per heavy atom. The molecule has 0 radical (unpaired) electrons. The monoisotopic (exact) mass is 207 g/mol.